The van der Waals surface area contributed by atoms with E-state index in [1.807, 2.05) is 18.2 Å². The zero-order valence-corrected chi connectivity index (χ0v) is 12.3. The number of halogens is 2. The van der Waals surface area contributed by atoms with Crippen molar-refractivity contribution in [3.05, 3.63) is 34.3 Å². The quantitative estimate of drug-likeness (QED) is 0.725. The first-order valence-corrected chi connectivity index (χ1v) is 6.84. The van der Waals surface area contributed by atoms with Crippen molar-refractivity contribution in [2.45, 2.75) is 20.5 Å². The van der Waals surface area contributed by atoms with Gasteiger partial charge >= 0.3 is 0 Å². The Bertz CT molecular complexity index is 310. The highest BCUT2D eigenvalue weighted by atomic mass is 79.9. The molecule has 1 nitrogen and oxygen atoms in total. The van der Waals surface area contributed by atoms with E-state index < -0.39 is 0 Å². The van der Waals surface area contributed by atoms with Crippen molar-refractivity contribution in [3.8, 4) is 0 Å². The summed E-state index contributed by atoms with van der Waals surface area (Å²) in [5, 5.41) is 0.954. The van der Waals surface area contributed by atoms with E-state index in [0.717, 1.165) is 16.4 Å². The van der Waals surface area contributed by atoms with Crippen molar-refractivity contribution in [2.75, 3.05) is 11.9 Å². The molecule has 15 heavy (non-hydrogen) atoms. The van der Waals surface area contributed by atoms with Crippen LogP contribution < -0.4 is 0 Å². The van der Waals surface area contributed by atoms with Gasteiger partial charge in [-0.2, -0.15) is 0 Å². The Morgan fingerprint density at radius 3 is 2.53 bits per heavy atom. The fourth-order valence-corrected chi connectivity index (χ4v) is 1.65. The van der Waals surface area contributed by atoms with Gasteiger partial charge in [-0.3, -0.25) is 0 Å². The largest absolute Gasteiger partial charge is 0.376 e. The molecule has 0 fully saturated rings. The third-order valence-corrected chi connectivity index (χ3v) is 4.36. The lowest BCUT2D eigenvalue weighted by molar-refractivity contribution is 0.0622. The lowest BCUT2D eigenvalue weighted by Crippen LogP contribution is -2.20. The third kappa shape index (κ3) is 4.66. The van der Waals surface area contributed by atoms with Crippen LogP contribution in [-0.4, -0.2) is 11.9 Å². The van der Waals surface area contributed by atoms with Crippen LogP contribution in [0.1, 0.15) is 19.4 Å². The minimum absolute atomic E-state index is 0.196. The molecule has 0 aromatic heterocycles. The number of rotatable bonds is 5. The van der Waals surface area contributed by atoms with Crippen LogP contribution in [0, 0.1) is 5.41 Å². The molecule has 0 saturated heterocycles. The molecule has 0 spiro atoms. The summed E-state index contributed by atoms with van der Waals surface area (Å²) >= 11 is 6.99. The van der Waals surface area contributed by atoms with Gasteiger partial charge in [-0.1, -0.05) is 63.9 Å². The van der Waals surface area contributed by atoms with Gasteiger partial charge in [0.05, 0.1) is 13.2 Å². The Labute approximate surface area is 108 Å². The monoisotopic (exact) mass is 334 g/mol. The fourth-order valence-electron chi connectivity index (χ4n) is 1.09. The minimum atomic E-state index is 0.196. The van der Waals surface area contributed by atoms with E-state index in [4.69, 9.17) is 4.74 Å². The summed E-state index contributed by atoms with van der Waals surface area (Å²) < 4.78 is 6.81. The predicted octanol–water partition coefficient (Wildman–Crippen LogP) is 4.39. The standard InChI is InChI=1S/C12H16Br2O/c1-12(2,8-13)9-15-7-10-5-3-4-6-11(10)14/h3-6H,7-9H2,1-2H3. The van der Waals surface area contributed by atoms with Crippen LogP contribution in [0.3, 0.4) is 0 Å². The van der Waals surface area contributed by atoms with Gasteiger partial charge in [-0.15, -0.1) is 0 Å². The normalized spacial score (nSPS) is 11.7. The third-order valence-electron chi connectivity index (χ3n) is 2.07. The summed E-state index contributed by atoms with van der Waals surface area (Å²) in [5.41, 5.74) is 1.39. The molecule has 0 unspecified atom stereocenters. The summed E-state index contributed by atoms with van der Waals surface area (Å²) in [6.07, 6.45) is 0. The van der Waals surface area contributed by atoms with Gasteiger partial charge in [0, 0.05) is 9.80 Å². The topological polar surface area (TPSA) is 9.23 Å². The molecule has 1 rings (SSSR count). The van der Waals surface area contributed by atoms with E-state index >= 15 is 0 Å². The Kier molecular flexibility index (Phi) is 5.30. The van der Waals surface area contributed by atoms with Crippen molar-refractivity contribution in [3.63, 3.8) is 0 Å². The van der Waals surface area contributed by atoms with Gasteiger partial charge in [0.15, 0.2) is 0 Å². The molecule has 0 radical (unpaired) electrons. The molecule has 0 saturated carbocycles. The van der Waals surface area contributed by atoms with E-state index in [1.54, 1.807) is 0 Å². The van der Waals surface area contributed by atoms with Gasteiger partial charge in [-0.25, -0.2) is 0 Å². The van der Waals surface area contributed by atoms with Gasteiger partial charge in [0.1, 0.15) is 0 Å². The maximum Gasteiger partial charge on any atom is 0.0728 e. The van der Waals surface area contributed by atoms with Crippen molar-refractivity contribution >= 4 is 31.9 Å². The maximum absolute atomic E-state index is 5.70. The molecular weight excluding hydrogens is 320 g/mol. The molecule has 0 aliphatic rings. The van der Waals surface area contributed by atoms with E-state index in [0.29, 0.717) is 6.61 Å². The van der Waals surface area contributed by atoms with Crippen LogP contribution in [0.5, 0.6) is 0 Å². The molecular formula is C12H16Br2O. The molecule has 0 atom stereocenters. The molecule has 1 aromatic carbocycles. The Hall–Kier alpha value is 0.140. The van der Waals surface area contributed by atoms with Crippen LogP contribution in [-0.2, 0) is 11.3 Å². The Balaban J connectivity index is 2.42. The second kappa shape index (κ2) is 6.02. The number of hydrogen-bond donors (Lipinski definition) is 0. The summed E-state index contributed by atoms with van der Waals surface area (Å²) in [6.45, 7) is 5.79. The van der Waals surface area contributed by atoms with Crippen LogP contribution >= 0.6 is 31.9 Å². The number of ether oxygens (including phenoxy) is 1. The fraction of sp³-hybridized carbons (Fsp3) is 0.500. The average molecular weight is 336 g/mol. The van der Waals surface area contributed by atoms with Crippen molar-refractivity contribution in [1.29, 1.82) is 0 Å². The molecule has 1 aromatic rings. The predicted molar refractivity (Wildman–Crippen MR) is 71.4 cm³/mol. The number of benzene rings is 1. The first kappa shape index (κ1) is 13.2. The average Bonchev–Trinajstić information content (AvgIpc) is 2.21. The molecule has 0 amide bonds. The number of hydrogen-bond acceptors (Lipinski definition) is 1. The van der Waals surface area contributed by atoms with Crippen molar-refractivity contribution in [2.24, 2.45) is 5.41 Å². The summed E-state index contributed by atoms with van der Waals surface area (Å²) in [7, 11) is 0. The highest BCUT2D eigenvalue weighted by Gasteiger charge is 2.16. The van der Waals surface area contributed by atoms with Crippen LogP contribution in [0.15, 0.2) is 28.7 Å². The first-order chi connectivity index (χ1) is 7.05. The maximum atomic E-state index is 5.70. The Morgan fingerprint density at radius 1 is 1.27 bits per heavy atom. The van der Waals surface area contributed by atoms with Crippen molar-refractivity contribution < 1.29 is 4.74 Å². The summed E-state index contributed by atoms with van der Waals surface area (Å²) in [6, 6.07) is 8.15. The SMILES string of the molecule is CC(C)(CBr)COCc1ccccc1Br. The van der Waals surface area contributed by atoms with Crippen LogP contribution in [0.4, 0.5) is 0 Å². The summed E-state index contributed by atoms with van der Waals surface area (Å²) in [4.78, 5) is 0. The van der Waals surface area contributed by atoms with Crippen LogP contribution in [0.25, 0.3) is 0 Å². The second-order valence-electron chi connectivity index (χ2n) is 4.38. The smallest absolute Gasteiger partial charge is 0.0728 e. The zero-order valence-electron chi connectivity index (χ0n) is 9.09. The molecule has 0 heterocycles. The summed E-state index contributed by atoms with van der Waals surface area (Å²) in [5.74, 6) is 0. The van der Waals surface area contributed by atoms with Crippen LogP contribution in [0.2, 0.25) is 0 Å². The molecule has 0 aliphatic carbocycles. The lowest BCUT2D eigenvalue weighted by atomic mass is 9.98. The first-order valence-electron chi connectivity index (χ1n) is 4.92. The van der Waals surface area contributed by atoms with E-state index in [-0.39, 0.29) is 5.41 Å². The zero-order chi connectivity index (χ0) is 11.3. The van der Waals surface area contributed by atoms with E-state index in [2.05, 4.69) is 51.8 Å². The van der Waals surface area contributed by atoms with Gasteiger partial charge in [-0.05, 0) is 17.0 Å². The molecule has 0 bridgehead atoms. The van der Waals surface area contributed by atoms with Crippen molar-refractivity contribution in [1.82, 2.24) is 0 Å². The second-order valence-corrected chi connectivity index (χ2v) is 5.80. The molecule has 84 valence electrons. The molecule has 0 N–H and O–H groups in total. The van der Waals surface area contributed by atoms with E-state index in [9.17, 15) is 0 Å². The lowest BCUT2D eigenvalue weighted by Gasteiger charge is -2.21. The van der Waals surface area contributed by atoms with Gasteiger partial charge < -0.3 is 4.74 Å². The highest BCUT2D eigenvalue weighted by molar-refractivity contribution is 9.10. The molecule has 3 heteroatoms. The highest BCUT2D eigenvalue weighted by Crippen LogP contribution is 2.21. The Morgan fingerprint density at radius 2 is 1.93 bits per heavy atom. The van der Waals surface area contributed by atoms with Gasteiger partial charge in [0.2, 0.25) is 0 Å². The minimum Gasteiger partial charge on any atom is -0.376 e. The van der Waals surface area contributed by atoms with Gasteiger partial charge in [0.25, 0.3) is 0 Å². The van der Waals surface area contributed by atoms with E-state index in [1.165, 1.54) is 5.56 Å². The molecule has 0 aliphatic heterocycles. The number of alkyl halides is 1.